The van der Waals surface area contributed by atoms with Gasteiger partial charge in [0.25, 0.3) is 5.69 Å². The summed E-state index contributed by atoms with van der Waals surface area (Å²) in [6.07, 6.45) is 0. The number of non-ortho nitro benzene ring substituents is 1. The molecule has 0 aromatic heterocycles. The van der Waals surface area contributed by atoms with E-state index in [0.717, 1.165) is 0 Å². The number of hydrogen-bond acceptors (Lipinski definition) is 4. The van der Waals surface area contributed by atoms with E-state index in [9.17, 15) is 14.9 Å². The van der Waals surface area contributed by atoms with Crippen molar-refractivity contribution in [2.45, 2.75) is 0 Å². The lowest BCUT2D eigenvalue weighted by molar-refractivity contribution is -0.384. The molecule has 0 saturated heterocycles. The van der Waals surface area contributed by atoms with Crippen LogP contribution in [0.25, 0.3) is 0 Å². The molecule has 0 aliphatic carbocycles. The van der Waals surface area contributed by atoms with Crippen LogP contribution in [0.15, 0.2) is 30.3 Å². The van der Waals surface area contributed by atoms with E-state index in [0.29, 0.717) is 0 Å². The highest BCUT2D eigenvalue weighted by molar-refractivity contribution is 5.68. The third kappa shape index (κ3) is 5.67. The normalized spacial score (nSPS) is 8.36. The van der Waals surface area contributed by atoms with E-state index in [2.05, 4.69) is 5.73 Å². The molecule has 76 valence electrons. The van der Waals surface area contributed by atoms with Crippen molar-refractivity contribution in [3.8, 4) is 0 Å². The maximum atomic E-state index is 10.0. The largest absolute Gasteiger partial charge is 0.480 e. The van der Waals surface area contributed by atoms with Crippen LogP contribution in [0, 0.1) is 10.1 Å². The van der Waals surface area contributed by atoms with Crippen molar-refractivity contribution >= 4 is 11.7 Å². The van der Waals surface area contributed by atoms with Crippen LogP contribution >= 0.6 is 0 Å². The molecule has 1 rings (SSSR count). The molecule has 0 amide bonds. The van der Waals surface area contributed by atoms with Crippen LogP contribution in [0.5, 0.6) is 0 Å². The van der Waals surface area contributed by atoms with Gasteiger partial charge in [0.15, 0.2) is 0 Å². The minimum absolute atomic E-state index is 0.137. The monoisotopic (exact) mass is 198 g/mol. The summed E-state index contributed by atoms with van der Waals surface area (Å²) in [6.45, 7) is -0.278. The summed E-state index contributed by atoms with van der Waals surface area (Å²) in [7, 11) is 0. The van der Waals surface area contributed by atoms with Crippen LogP contribution in [0.3, 0.4) is 0 Å². The Bertz CT molecular complexity index is 299. The summed E-state index contributed by atoms with van der Waals surface area (Å²) in [4.78, 5) is 18.8. The number of para-hydroxylation sites is 1. The zero-order chi connectivity index (χ0) is 11.0. The Hall–Kier alpha value is -1.95. The second-order valence-corrected chi connectivity index (χ2v) is 2.19. The van der Waals surface area contributed by atoms with Gasteiger partial charge in [-0.05, 0) is 0 Å². The predicted molar refractivity (Wildman–Crippen MR) is 49.8 cm³/mol. The lowest BCUT2D eigenvalue weighted by Gasteiger charge is -1.85. The van der Waals surface area contributed by atoms with Crippen molar-refractivity contribution in [2.75, 3.05) is 6.54 Å². The number of nitrogens with two attached hydrogens (primary N) is 1. The quantitative estimate of drug-likeness (QED) is 0.535. The molecular weight excluding hydrogens is 188 g/mol. The Balaban J connectivity index is 0.000000292. The second-order valence-electron chi connectivity index (χ2n) is 2.19. The van der Waals surface area contributed by atoms with Gasteiger partial charge in [-0.2, -0.15) is 0 Å². The van der Waals surface area contributed by atoms with E-state index < -0.39 is 10.9 Å². The summed E-state index contributed by atoms with van der Waals surface area (Å²) in [5.74, 6) is -0.968. The smallest absolute Gasteiger partial charge is 0.317 e. The second kappa shape index (κ2) is 6.55. The van der Waals surface area contributed by atoms with Crippen molar-refractivity contribution in [2.24, 2.45) is 5.73 Å². The van der Waals surface area contributed by atoms with Crippen LogP contribution in [0.1, 0.15) is 0 Å². The van der Waals surface area contributed by atoms with E-state index in [1.54, 1.807) is 18.2 Å². The summed E-state index contributed by atoms with van der Waals surface area (Å²) in [6, 6.07) is 7.93. The number of benzene rings is 1. The molecule has 0 atom stereocenters. The van der Waals surface area contributed by atoms with E-state index in [-0.39, 0.29) is 12.2 Å². The van der Waals surface area contributed by atoms with Gasteiger partial charge in [-0.3, -0.25) is 14.9 Å². The number of aliphatic carboxylic acids is 1. The van der Waals surface area contributed by atoms with Crippen LogP contribution in [-0.4, -0.2) is 22.5 Å². The van der Waals surface area contributed by atoms with Gasteiger partial charge in [-0.1, -0.05) is 18.2 Å². The number of carboxylic acid groups (broad SMARTS) is 1. The van der Waals surface area contributed by atoms with Crippen LogP contribution in [0.2, 0.25) is 0 Å². The Kier molecular flexibility index (Phi) is 5.64. The third-order valence-electron chi connectivity index (χ3n) is 1.14. The van der Waals surface area contributed by atoms with Crippen molar-refractivity contribution in [1.29, 1.82) is 0 Å². The average molecular weight is 198 g/mol. The van der Waals surface area contributed by atoms with Gasteiger partial charge >= 0.3 is 5.97 Å². The number of nitrogens with zero attached hydrogens (tertiary/aromatic N) is 1. The molecule has 1 aromatic rings. The minimum Gasteiger partial charge on any atom is -0.480 e. The Morgan fingerprint density at radius 1 is 1.43 bits per heavy atom. The molecule has 6 nitrogen and oxygen atoms in total. The van der Waals surface area contributed by atoms with E-state index >= 15 is 0 Å². The first-order chi connectivity index (χ1) is 6.57. The highest BCUT2D eigenvalue weighted by Gasteiger charge is 1.98. The first kappa shape index (κ1) is 12.0. The molecule has 3 N–H and O–H groups in total. The molecule has 0 bridgehead atoms. The van der Waals surface area contributed by atoms with Gasteiger partial charge in [0, 0.05) is 12.1 Å². The standard InChI is InChI=1S/C6H5NO2.C2H5NO2/c8-7(9)6-4-2-1-3-5-6;3-1-2(4)5/h1-5H;1,3H2,(H,4,5). The van der Waals surface area contributed by atoms with Crippen molar-refractivity contribution in [3.63, 3.8) is 0 Å². The maximum Gasteiger partial charge on any atom is 0.317 e. The Labute approximate surface area is 80.1 Å². The van der Waals surface area contributed by atoms with Gasteiger partial charge in [-0.25, -0.2) is 0 Å². The average Bonchev–Trinajstić information content (AvgIpc) is 2.20. The summed E-state index contributed by atoms with van der Waals surface area (Å²) in [5.41, 5.74) is 4.71. The fraction of sp³-hybridized carbons (Fsp3) is 0.125. The lowest BCUT2D eigenvalue weighted by atomic mass is 10.3. The molecule has 0 fully saturated rings. The third-order valence-corrected chi connectivity index (χ3v) is 1.14. The van der Waals surface area contributed by atoms with E-state index in [4.69, 9.17) is 5.11 Å². The predicted octanol–water partition coefficient (Wildman–Crippen LogP) is 0.625. The Morgan fingerprint density at radius 3 is 2.07 bits per heavy atom. The topological polar surface area (TPSA) is 106 Å². The van der Waals surface area contributed by atoms with Gasteiger partial charge in [0.1, 0.15) is 0 Å². The number of rotatable bonds is 2. The molecule has 1 aromatic carbocycles. The zero-order valence-corrected chi connectivity index (χ0v) is 7.29. The minimum atomic E-state index is -0.968. The SMILES string of the molecule is NCC(=O)O.O=[N+]([O-])c1ccccc1. The summed E-state index contributed by atoms with van der Waals surface area (Å²) < 4.78 is 0. The van der Waals surface area contributed by atoms with Gasteiger partial charge in [-0.15, -0.1) is 0 Å². The Morgan fingerprint density at radius 2 is 1.86 bits per heavy atom. The van der Waals surface area contributed by atoms with E-state index in [1.807, 2.05) is 0 Å². The summed E-state index contributed by atoms with van der Waals surface area (Å²) in [5, 5.41) is 17.6. The molecule has 0 radical (unpaired) electrons. The number of nitro groups is 1. The van der Waals surface area contributed by atoms with Crippen molar-refractivity contribution in [1.82, 2.24) is 0 Å². The molecule has 0 aliphatic heterocycles. The van der Waals surface area contributed by atoms with Gasteiger partial charge in [0.2, 0.25) is 0 Å². The van der Waals surface area contributed by atoms with Crippen molar-refractivity contribution in [3.05, 3.63) is 40.4 Å². The number of hydrogen-bond donors (Lipinski definition) is 2. The molecular formula is C8H10N2O4. The van der Waals surface area contributed by atoms with Crippen LogP contribution in [0.4, 0.5) is 5.69 Å². The fourth-order valence-electron chi connectivity index (χ4n) is 0.550. The van der Waals surface area contributed by atoms with E-state index in [1.165, 1.54) is 12.1 Å². The van der Waals surface area contributed by atoms with Crippen molar-refractivity contribution < 1.29 is 14.8 Å². The van der Waals surface area contributed by atoms with Crippen LogP contribution in [-0.2, 0) is 4.79 Å². The lowest BCUT2D eigenvalue weighted by Crippen LogP contribution is -2.10. The number of carbonyl (C=O) groups is 1. The highest BCUT2D eigenvalue weighted by Crippen LogP contribution is 2.06. The zero-order valence-electron chi connectivity index (χ0n) is 7.29. The number of nitro benzene ring substituents is 1. The molecule has 0 saturated carbocycles. The maximum absolute atomic E-state index is 10.0. The fourth-order valence-corrected chi connectivity index (χ4v) is 0.550. The molecule has 0 unspecified atom stereocenters. The first-order valence-corrected chi connectivity index (χ1v) is 3.69. The molecule has 6 heteroatoms. The summed E-state index contributed by atoms with van der Waals surface area (Å²) >= 11 is 0. The van der Waals surface area contributed by atoms with Gasteiger partial charge < -0.3 is 10.8 Å². The molecule has 0 aliphatic rings. The van der Waals surface area contributed by atoms with Crippen LogP contribution < -0.4 is 5.73 Å². The number of carboxylic acids is 1. The molecule has 0 heterocycles. The van der Waals surface area contributed by atoms with Gasteiger partial charge in [0.05, 0.1) is 11.5 Å². The highest BCUT2D eigenvalue weighted by atomic mass is 16.6. The molecule has 14 heavy (non-hydrogen) atoms. The first-order valence-electron chi connectivity index (χ1n) is 3.69. The molecule has 0 spiro atoms.